The Hall–Kier alpha value is -0.0400. The second-order valence-electron chi connectivity index (χ2n) is 2.90. The largest absolute Gasteiger partial charge is 0.329 e. The average Bonchev–Trinajstić information content (AvgIpc) is 1.83. The van der Waals surface area contributed by atoms with Crippen LogP contribution in [0.25, 0.3) is 0 Å². The second kappa shape index (κ2) is 9.96. The molecule has 1 atom stereocenters. The molecule has 0 heterocycles. The predicted octanol–water partition coefficient (Wildman–Crippen LogP) is 3.07. The molecule has 1 unspecified atom stereocenters. The third-order valence-electron chi connectivity index (χ3n) is 1.60. The van der Waals surface area contributed by atoms with Crippen LogP contribution in [0.4, 0.5) is 0 Å². The van der Waals surface area contributed by atoms with Crippen LogP contribution in [0, 0.1) is 12.3 Å². The highest BCUT2D eigenvalue weighted by molar-refractivity contribution is 4.66. The summed E-state index contributed by atoms with van der Waals surface area (Å²) in [6.07, 6.45) is 3.53. The summed E-state index contributed by atoms with van der Waals surface area (Å²) in [7, 11) is 4.23. The fourth-order valence-corrected chi connectivity index (χ4v) is 0.629. The van der Waals surface area contributed by atoms with Gasteiger partial charge in [0.15, 0.2) is 0 Å². The average molecular weight is 160 g/mol. The molecule has 0 aromatic rings. The van der Waals surface area contributed by atoms with E-state index < -0.39 is 0 Å². The Morgan fingerprint density at radius 1 is 1.27 bits per heavy atom. The Bertz CT molecular complexity index is 59.9. The highest BCUT2D eigenvalue weighted by Crippen LogP contribution is 2.04. The molecule has 0 amide bonds. The van der Waals surface area contributed by atoms with E-state index in [0.29, 0.717) is 0 Å². The van der Waals surface area contributed by atoms with Crippen molar-refractivity contribution >= 4 is 0 Å². The summed E-state index contributed by atoms with van der Waals surface area (Å²) in [6, 6.07) is 0. The van der Waals surface area contributed by atoms with E-state index in [2.05, 4.69) is 39.3 Å². The van der Waals surface area contributed by atoms with Gasteiger partial charge in [-0.25, -0.2) is 0 Å². The molecule has 11 heavy (non-hydrogen) atoms. The number of hydrogen-bond acceptors (Lipinski definition) is 1. The summed E-state index contributed by atoms with van der Waals surface area (Å²) < 4.78 is 0. The molecule has 0 fully saturated rings. The zero-order valence-corrected chi connectivity index (χ0v) is 7.02. The van der Waals surface area contributed by atoms with Gasteiger partial charge in [0.05, 0.1) is 0 Å². The molecule has 1 nitrogen and oxygen atoms in total. The van der Waals surface area contributed by atoms with Crippen molar-refractivity contribution < 1.29 is 0 Å². The molecular formula is C10H26N-. The molecule has 0 aliphatic rings. The highest BCUT2D eigenvalue weighted by Gasteiger charge is 1.90. The Balaban J connectivity index is -0.000000320. The first kappa shape index (κ1) is 17.2. The van der Waals surface area contributed by atoms with E-state index >= 15 is 0 Å². The normalized spacial score (nSPS) is 11.7. The van der Waals surface area contributed by atoms with Crippen molar-refractivity contribution in [2.24, 2.45) is 5.92 Å². The highest BCUT2D eigenvalue weighted by atomic mass is 15.0. The van der Waals surface area contributed by atoms with E-state index in [1.807, 2.05) is 0 Å². The first-order valence-corrected chi connectivity index (χ1v) is 3.61. The lowest BCUT2D eigenvalue weighted by atomic mass is 10.1. The molecule has 0 aromatic heterocycles. The van der Waals surface area contributed by atoms with Crippen molar-refractivity contribution in [3.63, 3.8) is 0 Å². The van der Waals surface area contributed by atoms with Gasteiger partial charge in [0.1, 0.15) is 0 Å². The second-order valence-corrected chi connectivity index (χ2v) is 2.90. The van der Waals surface area contributed by atoms with E-state index in [1.165, 1.54) is 13.0 Å². The third-order valence-corrected chi connectivity index (χ3v) is 1.60. The van der Waals surface area contributed by atoms with E-state index in [4.69, 9.17) is 0 Å². The van der Waals surface area contributed by atoms with Crippen LogP contribution in [0.2, 0.25) is 0 Å². The molecule has 0 rings (SSSR count). The summed E-state index contributed by atoms with van der Waals surface area (Å²) >= 11 is 0. The molecule has 0 radical (unpaired) electrons. The summed E-state index contributed by atoms with van der Waals surface area (Å²) in [5.41, 5.74) is 0. The van der Waals surface area contributed by atoms with Crippen molar-refractivity contribution in [2.75, 3.05) is 20.6 Å². The van der Waals surface area contributed by atoms with Crippen LogP contribution in [0.1, 0.15) is 35.1 Å². The Morgan fingerprint density at radius 3 is 2.00 bits per heavy atom. The van der Waals surface area contributed by atoms with Gasteiger partial charge >= 0.3 is 0 Å². The topological polar surface area (TPSA) is 3.24 Å². The molecular weight excluding hydrogens is 134 g/mol. The van der Waals surface area contributed by atoms with Crippen molar-refractivity contribution in [3.8, 4) is 0 Å². The number of hydrogen-bond donors (Lipinski definition) is 0. The van der Waals surface area contributed by atoms with Crippen molar-refractivity contribution in [2.45, 2.75) is 35.1 Å². The van der Waals surface area contributed by atoms with Gasteiger partial charge in [-0.1, -0.05) is 28.2 Å². The van der Waals surface area contributed by atoms with Crippen molar-refractivity contribution in [1.82, 2.24) is 4.90 Å². The standard InChI is InChI=1S/C8H18N.2CH4/c1-5-8(2)6-7-9(3)4;;/h5,8H,6-7H2,1-4H3;2*1H4/q-1;;. The molecule has 0 aromatic carbocycles. The van der Waals surface area contributed by atoms with Crippen LogP contribution in [0.3, 0.4) is 0 Å². The molecule has 0 saturated carbocycles. The monoisotopic (exact) mass is 160 g/mol. The minimum Gasteiger partial charge on any atom is -0.329 e. The molecule has 1 heteroatoms. The first-order chi connectivity index (χ1) is 4.16. The van der Waals surface area contributed by atoms with Crippen molar-refractivity contribution in [3.05, 3.63) is 6.42 Å². The van der Waals surface area contributed by atoms with Gasteiger partial charge in [0.2, 0.25) is 0 Å². The van der Waals surface area contributed by atoms with Gasteiger partial charge in [-0.3, -0.25) is 0 Å². The van der Waals surface area contributed by atoms with Gasteiger partial charge in [-0.15, -0.1) is 0 Å². The smallest absolute Gasteiger partial charge is 0.00468 e. The number of nitrogens with zero attached hydrogens (tertiary/aromatic N) is 1. The SMILES string of the molecule is C.C.C[CH-]C(C)CCN(C)C. The van der Waals surface area contributed by atoms with Gasteiger partial charge in [-0.05, 0) is 20.6 Å². The molecule has 0 N–H and O–H groups in total. The van der Waals surface area contributed by atoms with Gasteiger partial charge in [-0.2, -0.15) is 12.8 Å². The maximum Gasteiger partial charge on any atom is -0.00468 e. The summed E-state index contributed by atoms with van der Waals surface area (Å²) in [6.45, 7) is 5.58. The minimum absolute atomic E-state index is 0. The van der Waals surface area contributed by atoms with Crippen LogP contribution in [-0.2, 0) is 0 Å². The maximum absolute atomic E-state index is 2.25. The maximum atomic E-state index is 2.25. The quantitative estimate of drug-likeness (QED) is 0.571. The van der Waals surface area contributed by atoms with E-state index in [9.17, 15) is 0 Å². The lowest BCUT2D eigenvalue weighted by molar-refractivity contribution is 0.374. The van der Waals surface area contributed by atoms with Crippen LogP contribution < -0.4 is 0 Å². The molecule has 0 aliphatic heterocycles. The Labute approximate surface area is 73.8 Å². The van der Waals surface area contributed by atoms with Crippen LogP contribution >= 0.6 is 0 Å². The van der Waals surface area contributed by atoms with Gasteiger partial charge in [0, 0.05) is 0 Å². The van der Waals surface area contributed by atoms with Gasteiger partial charge < -0.3 is 11.3 Å². The molecule has 0 saturated heterocycles. The van der Waals surface area contributed by atoms with E-state index in [1.54, 1.807) is 0 Å². The lowest BCUT2D eigenvalue weighted by Crippen LogP contribution is -2.15. The van der Waals surface area contributed by atoms with Crippen LogP contribution in [0.15, 0.2) is 0 Å². The first-order valence-electron chi connectivity index (χ1n) is 3.61. The zero-order chi connectivity index (χ0) is 7.28. The zero-order valence-electron chi connectivity index (χ0n) is 7.02. The number of rotatable bonds is 4. The van der Waals surface area contributed by atoms with Crippen LogP contribution in [0.5, 0.6) is 0 Å². The Morgan fingerprint density at radius 2 is 1.73 bits per heavy atom. The molecule has 72 valence electrons. The predicted molar refractivity (Wildman–Crippen MR) is 55.8 cm³/mol. The Kier molecular flexibility index (Phi) is 15.5. The summed E-state index contributed by atoms with van der Waals surface area (Å²) in [4.78, 5) is 2.22. The third kappa shape index (κ3) is 13.0. The van der Waals surface area contributed by atoms with E-state index in [0.717, 1.165) is 5.92 Å². The van der Waals surface area contributed by atoms with E-state index in [-0.39, 0.29) is 14.9 Å². The summed E-state index contributed by atoms with van der Waals surface area (Å²) in [5, 5.41) is 0. The minimum atomic E-state index is 0. The molecule has 0 aliphatic carbocycles. The molecule has 0 spiro atoms. The van der Waals surface area contributed by atoms with Crippen molar-refractivity contribution in [1.29, 1.82) is 0 Å². The van der Waals surface area contributed by atoms with Gasteiger partial charge in [0.25, 0.3) is 0 Å². The molecule has 0 bridgehead atoms. The summed E-state index contributed by atoms with van der Waals surface area (Å²) in [5.74, 6) is 0.771. The fraction of sp³-hybridized carbons (Fsp3) is 0.900. The van der Waals surface area contributed by atoms with Crippen LogP contribution in [-0.4, -0.2) is 25.5 Å². The fourth-order valence-electron chi connectivity index (χ4n) is 0.629. The lowest BCUT2D eigenvalue weighted by Gasteiger charge is -2.19.